The molecule has 1 aliphatic rings. The van der Waals surface area contributed by atoms with Crippen LogP contribution in [0.5, 0.6) is 11.5 Å². The van der Waals surface area contributed by atoms with Crippen LogP contribution in [-0.4, -0.2) is 13.2 Å². The Balaban J connectivity index is 1.77. The Morgan fingerprint density at radius 2 is 1.86 bits per heavy atom. The van der Waals surface area contributed by atoms with Crippen LogP contribution in [0.1, 0.15) is 11.1 Å². The second-order valence-corrected chi connectivity index (χ2v) is 5.77. The zero-order chi connectivity index (χ0) is 14.8. The summed E-state index contributed by atoms with van der Waals surface area (Å²) in [6.07, 6.45) is 0. The van der Waals surface area contributed by atoms with Gasteiger partial charge in [0, 0.05) is 23.2 Å². The van der Waals surface area contributed by atoms with Crippen LogP contribution in [0, 0.1) is 12.7 Å². The fraction of sp³-hybridized carbons (Fsp3) is 0.250. The molecule has 0 radical (unpaired) electrons. The quantitative estimate of drug-likeness (QED) is 0.895. The van der Waals surface area contributed by atoms with Gasteiger partial charge >= 0.3 is 0 Å². The number of ether oxygens (including phenoxy) is 2. The molecule has 1 heterocycles. The van der Waals surface area contributed by atoms with Gasteiger partial charge in [0.15, 0.2) is 11.5 Å². The number of nitrogens with one attached hydrogen (secondary N) is 1. The van der Waals surface area contributed by atoms with Crippen molar-refractivity contribution in [2.45, 2.75) is 13.5 Å². The minimum absolute atomic E-state index is 0.181. The monoisotopic (exact) mass is 351 g/mol. The van der Waals surface area contributed by atoms with Crippen molar-refractivity contribution in [3.8, 4) is 11.5 Å². The van der Waals surface area contributed by atoms with Crippen molar-refractivity contribution in [1.29, 1.82) is 0 Å². The van der Waals surface area contributed by atoms with Crippen molar-refractivity contribution in [2.75, 3.05) is 18.5 Å². The minimum atomic E-state index is -0.181. The first kappa shape index (κ1) is 14.2. The van der Waals surface area contributed by atoms with E-state index >= 15 is 0 Å². The van der Waals surface area contributed by atoms with Gasteiger partial charge in [-0.2, -0.15) is 0 Å². The summed E-state index contributed by atoms with van der Waals surface area (Å²) in [7, 11) is 0. The van der Waals surface area contributed by atoms with Crippen molar-refractivity contribution >= 4 is 21.6 Å². The Morgan fingerprint density at radius 1 is 1.14 bits per heavy atom. The van der Waals surface area contributed by atoms with Gasteiger partial charge in [-0.25, -0.2) is 4.39 Å². The van der Waals surface area contributed by atoms with Crippen molar-refractivity contribution in [3.63, 3.8) is 0 Å². The molecule has 3 rings (SSSR count). The maximum atomic E-state index is 13.3. The Bertz CT molecular complexity index is 676. The Kier molecular flexibility index (Phi) is 4.01. The van der Waals surface area contributed by atoms with Crippen LogP contribution >= 0.6 is 15.9 Å². The summed E-state index contributed by atoms with van der Waals surface area (Å²) >= 11 is 3.52. The van der Waals surface area contributed by atoms with Crippen molar-refractivity contribution in [3.05, 3.63) is 51.7 Å². The molecule has 0 unspecified atom stereocenters. The second kappa shape index (κ2) is 5.93. The highest BCUT2D eigenvalue weighted by Crippen LogP contribution is 2.38. The number of benzene rings is 2. The van der Waals surface area contributed by atoms with Crippen LogP contribution < -0.4 is 14.8 Å². The first-order chi connectivity index (χ1) is 10.1. The van der Waals surface area contributed by atoms with Gasteiger partial charge in [-0.3, -0.25) is 0 Å². The molecule has 0 bridgehead atoms. The molecule has 2 aromatic carbocycles. The highest BCUT2D eigenvalue weighted by Gasteiger charge is 2.14. The lowest BCUT2D eigenvalue weighted by atomic mass is 10.1. The van der Waals surface area contributed by atoms with E-state index in [1.807, 2.05) is 18.2 Å². The van der Waals surface area contributed by atoms with Crippen molar-refractivity contribution in [2.24, 2.45) is 0 Å². The second-order valence-electron chi connectivity index (χ2n) is 4.91. The number of anilines is 1. The first-order valence-electron chi connectivity index (χ1n) is 6.71. The lowest BCUT2D eigenvalue weighted by molar-refractivity contribution is 0.171. The van der Waals surface area contributed by atoms with Gasteiger partial charge in [0.25, 0.3) is 0 Å². The predicted molar refractivity (Wildman–Crippen MR) is 83.6 cm³/mol. The van der Waals surface area contributed by atoms with Crippen LogP contribution in [-0.2, 0) is 6.54 Å². The van der Waals surface area contributed by atoms with Gasteiger partial charge in [0.1, 0.15) is 19.0 Å². The van der Waals surface area contributed by atoms with Crippen molar-refractivity contribution < 1.29 is 13.9 Å². The maximum absolute atomic E-state index is 13.3. The van der Waals surface area contributed by atoms with E-state index in [-0.39, 0.29) is 5.82 Å². The van der Waals surface area contributed by atoms with E-state index in [9.17, 15) is 4.39 Å². The van der Waals surface area contributed by atoms with Gasteiger partial charge in [0.05, 0.1) is 5.69 Å². The van der Waals surface area contributed by atoms with Gasteiger partial charge in [-0.05, 0) is 40.0 Å². The van der Waals surface area contributed by atoms with E-state index in [4.69, 9.17) is 9.47 Å². The summed E-state index contributed by atoms with van der Waals surface area (Å²) in [5.41, 5.74) is 2.59. The standard InChI is InChI=1S/C16H15BrFNO2/c1-10-6-11(2-3-13(10)18)9-19-14-8-16-15(7-12(14)17)20-4-5-21-16/h2-3,6-8,19H,4-5,9H2,1H3. The number of fused-ring (bicyclic) bond motifs is 1. The fourth-order valence-electron chi connectivity index (χ4n) is 2.21. The molecule has 0 aliphatic carbocycles. The lowest BCUT2D eigenvalue weighted by Crippen LogP contribution is -2.15. The van der Waals surface area contributed by atoms with Crippen LogP contribution in [0.4, 0.5) is 10.1 Å². The molecule has 1 N–H and O–H groups in total. The highest BCUT2D eigenvalue weighted by atomic mass is 79.9. The summed E-state index contributed by atoms with van der Waals surface area (Å²) in [5.74, 6) is 1.30. The molecular weight excluding hydrogens is 337 g/mol. The molecule has 0 saturated carbocycles. The zero-order valence-corrected chi connectivity index (χ0v) is 13.2. The Hall–Kier alpha value is -1.75. The van der Waals surface area contributed by atoms with Crippen LogP contribution in [0.25, 0.3) is 0 Å². The van der Waals surface area contributed by atoms with E-state index in [0.29, 0.717) is 25.3 Å². The molecule has 0 spiro atoms. The van der Waals surface area contributed by atoms with Gasteiger partial charge in [-0.15, -0.1) is 0 Å². The average molecular weight is 352 g/mol. The lowest BCUT2D eigenvalue weighted by Gasteiger charge is -2.20. The van der Waals surface area contributed by atoms with E-state index in [1.165, 1.54) is 6.07 Å². The molecule has 2 aromatic rings. The van der Waals surface area contributed by atoms with Gasteiger partial charge in [-0.1, -0.05) is 12.1 Å². The first-order valence-corrected chi connectivity index (χ1v) is 7.51. The molecule has 1 aliphatic heterocycles. The number of rotatable bonds is 3. The van der Waals surface area contributed by atoms with Crippen LogP contribution in [0.2, 0.25) is 0 Å². The zero-order valence-electron chi connectivity index (χ0n) is 11.6. The summed E-state index contributed by atoms with van der Waals surface area (Å²) in [4.78, 5) is 0. The van der Waals surface area contributed by atoms with E-state index in [2.05, 4.69) is 21.2 Å². The third-order valence-electron chi connectivity index (χ3n) is 3.34. The topological polar surface area (TPSA) is 30.5 Å². The minimum Gasteiger partial charge on any atom is -0.486 e. The molecule has 0 fully saturated rings. The average Bonchev–Trinajstić information content (AvgIpc) is 2.48. The fourth-order valence-corrected chi connectivity index (χ4v) is 2.68. The summed E-state index contributed by atoms with van der Waals surface area (Å²) < 4.78 is 25.3. The molecular formula is C16H15BrFNO2. The molecule has 110 valence electrons. The SMILES string of the molecule is Cc1cc(CNc2cc3c(cc2Br)OCCO3)ccc1F. The van der Waals surface area contributed by atoms with Crippen LogP contribution in [0.15, 0.2) is 34.8 Å². The molecule has 0 aromatic heterocycles. The molecule has 0 amide bonds. The third kappa shape index (κ3) is 3.13. The van der Waals surface area contributed by atoms with E-state index < -0.39 is 0 Å². The number of hydrogen-bond donors (Lipinski definition) is 1. The summed E-state index contributed by atoms with van der Waals surface area (Å²) in [6.45, 7) is 3.50. The van der Waals surface area contributed by atoms with Crippen molar-refractivity contribution in [1.82, 2.24) is 0 Å². The van der Waals surface area contributed by atoms with Gasteiger partial charge < -0.3 is 14.8 Å². The smallest absolute Gasteiger partial charge is 0.163 e. The normalized spacial score (nSPS) is 13.1. The maximum Gasteiger partial charge on any atom is 0.163 e. The molecule has 3 nitrogen and oxygen atoms in total. The summed E-state index contributed by atoms with van der Waals surface area (Å²) in [5, 5.41) is 3.32. The molecule has 5 heteroatoms. The van der Waals surface area contributed by atoms with E-state index in [0.717, 1.165) is 27.2 Å². The van der Waals surface area contributed by atoms with Crippen LogP contribution in [0.3, 0.4) is 0 Å². The molecule has 21 heavy (non-hydrogen) atoms. The number of halogens is 2. The predicted octanol–water partition coefficient (Wildman–Crippen LogP) is 4.28. The molecule has 0 atom stereocenters. The number of aryl methyl sites for hydroxylation is 1. The largest absolute Gasteiger partial charge is 0.486 e. The number of hydrogen-bond acceptors (Lipinski definition) is 3. The molecule has 0 saturated heterocycles. The van der Waals surface area contributed by atoms with Gasteiger partial charge in [0.2, 0.25) is 0 Å². The highest BCUT2D eigenvalue weighted by molar-refractivity contribution is 9.10. The third-order valence-corrected chi connectivity index (χ3v) is 3.99. The Labute approximate surface area is 131 Å². The summed E-state index contributed by atoms with van der Waals surface area (Å²) in [6, 6.07) is 8.92. The Morgan fingerprint density at radius 3 is 2.57 bits per heavy atom. The van der Waals surface area contributed by atoms with E-state index in [1.54, 1.807) is 13.0 Å².